The van der Waals surface area contributed by atoms with Crippen LogP contribution in [0.25, 0.3) is 6.08 Å². The predicted octanol–water partition coefficient (Wildman–Crippen LogP) is 4.79. The summed E-state index contributed by atoms with van der Waals surface area (Å²) in [6.45, 7) is 0.564. The third kappa shape index (κ3) is 4.42. The number of thiocarbonyl (C=S) groups is 1. The van der Waals surface area contributed by atoms with Gasteiger partial charge in [-0.05, 0) is 47.9 Å². The van der Waals surface area contributed by atoms with Crippen LogP contribution in [-0.4, -0.2) is 28.8 Å². The third-order valence-corrected chi connectivity index (χ3v) is 5.45. The molecule has 0 unspecified atom stereocenters. The van der Waals surface area contributed by atoms with E-state index >= 15 is 0 Å². The zero-order valence-corrected chi connectivity index (χ0v) is 16.0. The minimum atomic E-state index is -0.0431. The Morgan fingerprint density at radius 3 is 2.48 bits per heavy atom. The van der Waals surface area contributed by atoms with Gasteiger partial charge in [-0.2, -0.15) is 0 Å². The van der Waals surface area contributed by atoms with Crippen molar-refractivity contribution in [2.75, 3.05) is 13.7 Å². The summed E-state index contributed by atoms with van der Waals surface area (Å²) in [4.78, 5) is 14.9. The summed E-state index contributed by atoms with van der Waals surface area (Å²) in [5.74, 6) is 0.777. The van der Waals surface area contributed by atoms with Gasteiger partial charge in [0.15, 0.2) is 0 Å². The maximum Gasteiger partial charge on any atom is 0.266 e. The van der Waals surface area contributed by atoms with Gasteiger partial charge in [0.25, 0.3) is 5.91 Å². The average Bonchev–Trinajstić information content (AvgIpc) is 2.89. The van der Waals surface area contributed by atoms with Crippen molar-refractivity contribution in [3.8, 4) is 5.75 Å². The molecule has 0 spiro atoms. The molecule has 1 heterocycles. The Morgan fingerprint density at radius 1 is 1.16 bits per heavy atom. The van der Waals surface area contributed by atoms with E-state index in [0.29, 0.717) is 20.8 Å². The quantitative estimate of drug-likeness (QED) is 0.543. The van der Waals surface area contributed by atoms with Crippen LogP contribution in [0.1, 0.15) is 11.1 Å². The molecule has 128 valence electrons. The van der Waals surface area contributed by atoms with Crippen LogP contribution in [0.5, 0.6) is 5.75 Å². The van der Waals surface area contributed by atoms with Gasteiger partial charge in [-0.15, -0.1) is 0 Å². The second kappa shape index (κ2) is 8.04. The SMILES string of the molecule is COc1ccc(CCN2C(=O)/C(=C/c3ccc(Cl)cc3)SC2=S)cc1. The van der Waals surface area contributed by atoms with E-state index in [4.69, 9.17) is 28.6 Å². The van der Waals surface area contributed by atoms with E-state index in [0.717, 1.165) is 23.3 Å². The number of hydrogen-bond acceptors (Lipinski definition) is 4. The molecule has 3 nitrogen and oxygen atoms in total. The van der Waals surface area contributed by atoms with Crippen molar-refractivity contribution in [3.63, 3.8) is 0 Å². The molecule has 1 aliphatic heterocycles. The Kier molecular flexibility index (Phi) is 5.78. The number of benzene rings is 2. The van der Waals surface area contributed by atoms with E-state index in [-0.39, 0.29) is 5.91 Å². The molecular weight excluding hydrogens is 374 g/mol. The highest BCUT2D eigenvalue weighted by Gasteiger charge is 2.31. The summed E-state index contributed by atoms with van der Waals surface area (Å²) in [6, 6.07) is 15.2. The van der Waals surface area contributed by atoms with Gasteiger partial charge in [-0.3, -0.25) is 9.69 Å². The van der Waals surface area contributed by atoms with Gasteiger partial charge in [-0.1, -0.05) is 59.8 Å². The van der Waals surface area contributed by atoms with Crippen molar-refractivity contribution in [1.29, 1.82) is 0 Å². The molecule has 1 saturated heterocycles. The van der Waals surface area contributed by atoms with E-state index in [1.165, 1.54) is 11.8 Å². The fraction of sp³-hybridized carbons (Fsp3) is 0.158. The molecule has 2 aromatic rings. The van der Waals surface area contributed by atoms with Crippen molar-refractivity contribution in [3.05, 3.63) is 69.6 Å². The fourth-order valence-electron chi connectivity index (χ4n) is 2.44. The lowest BCUT2D eigenvalue weighted by Crippen LogP contribution is -2.30. The number of carbonyl (C=O) groups excluding carboxylic acids is 1. The topological polar surface area (TPSA) is 29.5 Å². The molecular formula is C19H16ClNO2S2. The average molecular weight is 390 g/mol. The lowest BCUT2D eigenvalue weighted by molar-refractivity contribution is -0.122. The van der Waals surface area contributed by atoms with Crippen LogP contribution in [0.4, 0.5) is 0 Å². The minimum absolute atomic E-state index is 0.0431. The molecule has 0 radical (unpaired) electrons. The number of halogens is 1. The first kappa shape index (κ1) is 18.0. The van der Waals surface area contributed by atoms with Crippen LogP contribution in [-0.2, 0) is 11.2 Å². The van der Waals surface area contributed by atoms with Gasteiger partial charge in [0.1, 0.15) is 10.1 Å². The number of carbonyl (C=O) groups is 1. The Labute approximate surface area is 161 Å². The number of nitrogens with zero attached hydrogens (tertiary/aromatic N) is 1. The lowest BCUT2D eigenvalue weighted by atomic mass is 10.1. The molecule has 1 fully saturated rings. The molecule has 0 aromatic heterocycles. The molecule has 6 heteroatoms. The summed E-state index contributed by atoms with van der Waals surface area (Å²) in [6.07, 6.45) is 2.59. The second-order valence-electron chi connectivity index (χ2n) is 5.48. The first-order valence-corrected chi connectivity index (χ1v) is 9.31. The number of thioether (sulfide) groups is 1. The zero-order chi connectivity index (χ0) is 17.8. The number of ether oxygens (including phenoxy) is 1. The van der Waals surface area contributed by atoms with Crippen LogP contribution >= 0.6 is 35.6 Å². The van der Waals surface area contributed by atoms with E-state index < -0.39 is 0 Å². The normalized spacial score (nSPS) is 15.9. The van der Waals surface area contributed by atoms with E-state index in [9.17, 15) is 4.79 Å². The molecule has 1 aliphatic rings. The van der Waals surface area contributed by atoms with Crippen molar-refractivity contribution >= 4 is 51.9 Å². The van der Waals surface area contributed by atoms with Gasteiger partial charge >= 0.3 is 0 Å². The van der Waals surface area contributed by atoms with E-state index in [1.54, 1.807) is 24.1 Å². The van der Waals surface area contributed by atoms with Gasteiger partial charge < -0.3 is 4.74 Å². The summed E-state index contributed by atoms with van der Waals surface area (Å²) >= 11 is 12.6. The molecule has 2 aromatic carbocycles. The molecule has 0 bridgehead atoms. The van der Waals surface area contributed by atoms with Crippen LogP contribution in [0.2, 0.25) is 5.02 Å². The highest BCUT2D eigenvalue weighted by atomic mass is 35.5. The number of methoxy groups -OCH3 is 1. The van der Waals surface area contributed by atoms with E-state index in [1.807, 2.05) is 42.5 Å². The number of rotatable bonds is 5. The second-order valence-corrected chi connectivity index (χ2v) is 7.60. The number of hydrogen-bond donors (Lipinski definition) is 0. The van der Waals surface area contributed by atoms with Crippen molar-refractivity contribution in [1.82, 2.24) is 4.90 Å². The van der Waals surface area contributed by atoms with Crippen LogP contribution in [0.15, 0.2) is 53.4 Å². The minimum Gasteiger partial charge on any atom is -0.497 e. The molecule has 3 rings (SSSR count). The fourth-order valence-corrected chi connectivity index (χ4v) is 3.87. The van der Waals surface area contributed by atoms with Crippen LogP contribution in [0, 0.1) is 0 Å². The first-order chi connectivity index (χ1) is 12.1. The van der Waals surface area contributed by atoms with Crippen molar-refractivity contribution in [2.45, 2.75) is 6.42 Å². The Balaban J connectivity index is 1.67. The largest absolute Gasteiger partial charge is 0.497 e. The van der Waals surface area contributed by atoms with Crippen molar-refractivity contribution in [2.24, 2.45) is 0 Å². The summed E-state index contributed by atoms with van der Waals surface area (Å²) in [5, 5.41) is 0.671. The maximum absolute atomic E-state index is 12.6. The number of amides is 1. The Bertz CT molecular complexity index is 816. The van der Waals surface area contributed by atoms with Crippen LogP contribution < -0.4 is 4.74 Å². The Hall–Kier alpha value is -1.82. The van der Waals surface area contributed by atoms with Gasteiger partial charge in [0, 0.05) is 11.6 Å². The third-order valence-electron chi connectivity index (χ3n) is 3.82. The highest BCUT2D eigenvalue weighted by molar-refractivity contribution is 8.26. The van der Waals surface area contributed by atoms with Crippen molar-refractivity contribution < 1.29 is 9.53 Å². The van der Waals surface area contributed by atoms with Gasteiger partial charge in [0.2, 0.25) is 0 Å². The molecule has 25 heavy (non-hydrogen) atoms. The first-order valence-electron chi connectivity index (χ1n) is 7.70. The van der Waals surface area contributed by atoms with Gasteiger partial charge in [-0.25, -0.2) is 0 Å². The lowest BCUT2D eigenvalue weighted by Gasteiger charge is -2.14. The molecule has 0 N–H and O–H groups in total. The molecule has 0 atom stereocenters. The summed E-state index contributed by atoms with van der Waals surface area (Å²) < 4.78 is 5.75. The maximum atomic E-state index is 12.6. The Morgan fingerprint density at radius 2 is 1.84 bits per heavy atom. The highest BCUT2D eigenvalue weighted by Crippen LogP contribution is 2.32. The monoisotopic (exact) mass is 389 g/mol. The summed E-state index contributed by atoms with van der Waals surface area (Å²) in [7, 11) is 1.64. The predicted molar refractivity (Wildman–Crippen MR) is 108 cm³/mol. The summed E-state index contributed by atoms with van der Waals surface area (Å²) in [5.41, 5.74) is 2.07. The standard InChI is InChI=1S/C19H16ClNO2S2/c1-23-16-8-4-13(5-9-16)10-11-21-18(22)17(25-19(21)24)12-14-2-6-15(20)7-3-14/h2-9,12H,10-11H2,1H3/b17-12-. The van der Waals surface area contributed by atoms with Crippen LogP contribution in [0.3, 0.4) is 0 Å². The smallest absolute Gasteiger partial charge is 0.266 e. The molecule has 1 amide bonds. The van der Waals surface area contributed by atoms with E-state index in [2.05, 4.69) is 0 Å². The van der Waals surface area contributed by atoms with Gasteiger partial charge in [0.05, 0.1) is 12.0 Å². The molecule has 0 aliphatic carbocycles. The molecule has 0 saturated carbocycles. The zero-order valence-electron chi connectivity index (χ0n) is 13.6.